The van der Waals surface area contributed by atoms with E-state index in [9.17, 15) is 4.21 Å². The molecule has 0 amide bonds. The second-order valence-electron chi connectivity index (χ2n) is 4.05. The number of aromatic nitrogens is 3. The van der Waals surface area contributed by atoms with E-state index in [2.05, 4.69) is 22.3 Å². The summed E-state index contributed by atoms with van der Waals surface area (Å²) in [5, 5.41) is 7.47. The van der Waals surface area contributed by atoms with Gasteiger partial charge in [0.1, 0.15) is 5.52 Å². The Balaban J connectivity index is 2.07. The Kier molecular flexibility index (Phi) is 3.73. The summed E-state index contributed by atoms with van der Waals surface area (Å²) < 4.78 is 12.8. The summed E-state index contributed by atoms with van der Waals surface area (Å²) in [6.45, 7) is 2.06. The molecule has 5 nitrogen and oxygen atoms in total. The van der Waals surface area contributed by atoms with Gasteiger partial charge in [0.05, 0.1) is 6.20 Å². The van der Waals surface area contributed by atoms with Crippen LogP contribution in [0, 0.1) is 0 Å². The van der Waals surface area contributed by atoms with Crippen molar-refractivity contribution in [1.82, 2.24) is 14.6 Å². The highest BCUT2D eigenvalue weighted by molar-refractivity contribution is 7.84. The number of nitrogens with one attached hydrogen (secondary N) is 1. The van der Waals surface area contributed by atoms with Crippen molar-refractivity contribution < 1.29 is 4.21 Å². The van der Waals surface area contributed by atoms with Gasteiger partial charge >= 0.3 is 0 Å². The molecule has 2 heterocycles. The summed E-state index contributed by atoms with van der Waals surface area (Å²) in [5.74, 6) is 1.52. The zero-order valence-electron chi connectivity index (χ0n) is 9.96. The molecule has 0 aliphatic rings. The molecule has 1 N–H and O–H groups in total. The topological polar surface area (TPSA) is 59.3 Å². The fourth-order valence-corrected chi connectivity index (χ4v) is 2.30. The van der Waals surface area contributed by atoms with Gasteiger partial charge in [0.25, 0.3) is 0 Å². The van der Waals surface area contributed by atoms with Gasteiger partial charge in [-0.15, -0.1) is 0 Å². The van der Waals surface area contributed by atoms with Gasteiger partial charge < -0.3 is 5.32 Å². The van der Waals surface area contributed by atoms with Crippen LogP contribution in [0.2, 0.25) is 0 Å². The smallest absolute Gasteiger partial charge is 0.152 e. The van der Waals surface area contributed by atoms with E-state index >= 15 is 0 Å². The quantitative estimate of drug-likeness (QED) is 0.871. The lowest BCUT2D eigenvalue weighted by atomic mass is 10.2. The molecular formula is C11H16N4OS. The van der Waals surface area contributed by atoms with Gasteiger partial charge in [-0.3, -0.25) is 4.21 Å². The van der Waals surface area contributed by atoms with Crippen LogP contribution < -0.4 is 5.32 Å². The van der Waals surface area contributed by atoms with E-state index in [0.717, 1.165) is 17.8 Å². The minimum absolute atomic E-state index is 0.243. The van der Waals surface area contributed by atoms with Crippen molar-refractivity contribution in [2.75, 3.05) is 17.3 Å². The van der Waals surface area contributed by atoms with E-state index in [1.165, 1.54) is 0 Å². The van der Waals surface area contributed by atoms with E-state index in [4.69, 9.17) is 0 Å². The molecule has 0 fully saturated rings. The van der Waals surface area contributed by atoms with E-state index in [1.807, 2.05) is 12.3 Å². The van der Waals surface area contributed by atoms with Crippen molar-refractivity contribution in [1.29, 1.82) is 0 Å². The number of hydrogen-bond donors (Lipinski definition) is 1. The summed E-state index contributed by atoms with van der Waals surface area (Å²) >= 11 is 0. The highest BCUT2D eigenvalue weighted by Crippen LogP contribution is 2.14. The largest absolute Gasteiger partial charge is 0.366 e. The molecule has 0 bridgehead atoms. The summed E-state index contributed by atoms with van der Waals surface area (Å²) in [7, 11) is -0.741. The van der Waals surface area contributed by atoms with Gasteiger partial charge in [0.2, 0.25) is 0 Å². The van der Waals surface area contributed by atoms with Crippen molar-refractivity contribution in [2.45, 2.75) is 19.4 Å². The molecule has 2 atom stereocenters. The van der Waals surface area contributed by atoms with Crippen LogP contribution >= 0.6 is 0 Å². The number of nitrogens with zero attached hydrogens (tertiary/aromatic N) is 3. The third-order valence-corrected chi connectivity index (χ3v) is 3.36. The molecule has 6 heteroatoms. The standard InChI is InChI=1S/C11H16N4OS/c1-9(4-8-17(2)16)14-11-10-3-5-13-15(10)7-6-12-11/h3,5-7,9H,4,8H2,1-2H3,(H,12,14). The van der Waals surface area contributed by atoms with E-state index < -0.39 is 10.8 Å². The monoisotopic (exact) mass is 252 g/mol. The summed E-state index contributed by atoms with van der Waals surface area (Å²) in [5.41, 5.74) is 0.956. The van der Waals surface area contributed by atoms with Gasteiger partial charge in [-0.25, -0.2) is 9.50 Å². The van der Waals surface area contributed by atoms with E-state index in [0.29, 0.717) is 5.75 Å². The molecule has 0 saturated carbocycles. The van der Waals surface area contributed by atoms with Crippen LogP contribution in [0.4, 0.5) is 5.82 Å². The van der Waals surface area contributed by atoms with Crippen LogP contribution in [-0.4, -0.2) is 36.9 Å². The highest BCUT2D eigenvalue weighted by Gasteiger charge is 2.07. The first kappa shape index (κ1) is 12.0. The van der Waals surface area contributed by atoms with Crippen molar-refractivity contribution >= 4 is 22.1 Å². The fraction of sp³-hybridized carbons (Fsp3) is 0.455. The lowest BCUT2D eigenvalue weighted by Crippen LogP contribution is -2.19. The number of anilines is 1. The third kappa shape index (κ3) is 3.03. The Hall–Kier alpha value is -1.43. The lowest BCUT2D eigenvalue weighted by molar-refractivity contribution is 0.678. The Morgan fingerprint density at radius 2 is 2.35 bits per heavy atom. The van der Waals surface area contributed by atoms with Gasteiger partial charge in [0.15, 0.2) is 5.82 Å². The molecule has 0 spiro atoms. The van der Waals surface area contributed by atoms with Gasteiger partial charge in [0, 0.05) is 41.2 Å². The van der Waals surface area contributed by atoms with Crippen molar-refractivity contribution in [3.05, 3.63) is 24.7 Å². The average Bonchev–Trinajstić information content (AvgIpc) is 2.75. The molecule has 92 valence electrons. The zero-order valence-corrected chi connectivity index (χ0v) is 10.8. The van der Waals surface area contributed by atoms with E-state index in [1.54, 1.807) is 23.2 Å². The van der Waals surface area contributed by atoms with Gasteiger partial charge in [-0.1, -0.05) is 0 Å². The van der Waals surface area contributed by atoms with Gasteiger partial charge in [-0.05, 0) is 19.4 Å². The molecular weight excluding hydrogens is 236 g/mol. The highest BCUT2D eigenvalue weighted by atomic mass is 32.2. The van der Waals surface area contributed by atoms with Crippen LogP contribution in [0.1, 0.15) is 13.3 Å². The van der Waals surface area contributed by atoms with E-state index in [-0.39, 0.29) is 6.04 Å². The zero-order chi connectivity index (χ0) is 12.3. The Morgan fingerprint density at radius 3 is 3.12 bits per heavy atom. The molecule has 0 aliphatic carbocycles. The Morgan fingerprint density at radius 1 is 1.53 bits per heavy atom. The van der Waals surface area contributed by atoms with Gasteiger partial charge in [-0.2, -0.15) is 5.10 Å². The van der Waals surface area contributed by atoms with Crippen LogP contribution in [0.5, 0.6) is 0 Å². The van der Waals surface area contributed by atoms with Crippen molar-refractivity contribution in [3.63, 3.8) is 0 Å². The third-order valence-electron chi connectivity index (χ3n) is 2.55. The molecule has 0 aromatic carbocycles. The SMILES string of the molecule is CC(CCS(C)=O)Nc1nccn2nccc12. The second kappa shape index (κ2) is 5.27. The molecule has 0 radical (unpaired) electrons. The molecule has 2 aromatic heterocycles. The van der Waals surface area contributed by atoms with Crippen LogP contribution in [0.25, 0.3) is 5.52 Å². The van der Waals surface area contributed by atoms with Crippen molar-refractivity contribution in [3.8, 4) is 0 Å². The number of rotatable bonds is 5. The number of hydrogen-bond acceptors (Lipinski definition) is 4. The van der Waals surface area contributed by atoms with Crippen LogP contribution in [0.3, 0.4) is 0 Å². The molecule has 0 aliphatic heterocycles. The second-order valence-corrected chi connectivity index (χ2v) is 5.60. The molecule has 2 unspecified atom stereocenters. The maximum absolute atomic E-state index is 11.0. The predicted molar refractivity (Wildman–Crippen MR) is 69.6 cm³/mol. The summed E-state index contributed by atoms with van der Waals surface area (Å²) in [6, 6.07) is 2.16. The lowest BCUT2D eigenvalue weighted by Gasteiger charge is -2.14. The summed E-state index contributed by atoms with van der Waals surface area (Å²) in [6.07, 6.45) is 7.86. The number of fused-ring (bicyclic) bond motifs is 1. The first-order valence-corrected chi connectivity index (χ1v) is 7.24. The minimum atomic E-state index is -0.741. The van der Waals surface area contributed by atoms with Crippen LogP contribution in [0.15, 0.2) is 24.7 Å². The maximum Gasteiger partial charge on any atom is 0.152 e. The normalized spacial score (nSPS) is 14.7. The summed E-state index contributed by atoms with van der Waals surface area (Å²) in [4.78, 5) is 4.30. The van der Waals surface area contributed by atoms with Crippen LogP contribution in [-0.2, 0) is 10.8 Å². The average molecular weight is 252 g/mol. The maximum atomic E-state index is 11.0. The molecule has 2 rings (SSSR count). The first-order valence-electron chi connectivity index (χ1n) is 5.52. The molecule has 2 aromatic rings. The molecule has 17 heavy (non-hydrogen) atoms. The minimum Gasteiger partial charge on any atom is -0.366 e. The Bertz CT molecular complexity index is 525. The predicted octanol–water partition coefficient (Wildman–Crippen LogP) is 1.30. The fourth-order valence-electron chi connectivity index (χ4n) is 1.62. The molecule has 0 saturated heterocycles. The van der Waals surface area contributed by atoms with Crippen molar-refractivity contribution in [2.24, 2.45) is 0 Å². The Labute approximate surface area is 103 Å². The first-order chi connectivity index (χ1) is 8.16.